The minimum Gasteiger partial charge on any atom is -0.0758 e. The molecule has 0 nitrogen and oxygen atoms in total. The molecule has 0 amide bonds. The summed E-state index contributed by atoms with van der Waals surface area (Å²) in [6.07, 6.45) is 20.9. The van der Waals surface area contributed by atoms with E-state index in [9.17, 15) is 0 Å². The highest BCUT2D eigenvalue weighted by molar-refractivity contribution is 5.66. The van der Waals surface area contributed by atoms with Crippen molar-refractivity contribution in [2.75, 3.05) is 0 Å². The van der Waals surface area contributed by atoms with Gasteiger partial charge < -0.3 is 0 Å². The van der Waals surface area contributed by atoms with Crippen molar-refractivity contribution in [1.29, 1.82) is 0 Å². The normalized spacial score (nSPS) is 18.5. The lowest BCUT2D eigenvalue weighted by Crippen LogP contribution is -2.13. The average molecular weight is 431 g/mol. The molecule has 0 radical (unpaired) electrons. The van der Waals surface area contributed by atoms with E-state index in [-0.39, 0.29) is 0 Å². The van der Waals surface area contributed by atoms with Crippen LogP contribution in [-0.2, 0) is 0 Å². The SMILES string of the molecule is CCCCCCCCCCC1CCC(c2ccc(-c3ccc(C=C(C)C)cc3)cc2)CC1. The lowest BCUT2D eigenvalue weighted by molar-refractivity contribution is 0.302. The first-order valence-corrected chi connectivity index (χ1v) is 13.5. The monoisotopic (exact) mass is 430 g/mol. The summed E-state index contributed by atoms with van der Waals surface area (Å²) in [5.41, 5.74) is 6.83. The van der Waals surface area contributed by atoms with E-state index in [0.717, 1.165) is 11.8 Å². The molecule has 1 aliphatic carbocycles. The number of hydrogen-bond donors (Lipinski definition) is 0. The third kappa shape index (κ3) is 8.27. The number of rotatable bonds is 12. The van der Waals surface area contributed by atoms with Crippen molar-refractivity contribution in [2.45, 2.75) is 110 Å². The Morgan fingerprint density at radius 2 is 1.22 bits per heavy atom. The van der Waals surface area contributed by atoms with Crippen LogP contribution in [0.2, 0.25) is 0 Å². The van der Waals surface area contributed by atoms with E-state index in [2.05, 4.69) is 75.4 Å². The molecule has 0 bridgehead atoms. The first-order chi connectivity index (χ1) is 15.7. The van der Waals surface area contributed by atoms with E-state index >= 15 is 0 Å². The summed E-state index contributed by atoms with van der Waals surface area (Å²) in [7, 11) is 0. The molecule has 0 saturated heterocycles. The Bertz CT molecular complexity index is 781. The molecule has 0 spiro atoms. The first kappa shape index (κ1) is 24.8. The lowest BCUT2D eigenvalue weighted by Gasteiger charge is -2.29. The minimum absolute atomic E-state index is 0.777. The van der Waals surface area contributed by atoms with Crippen molar-refractivity contribution in [3.05, 3.63) is 65.2 Å². The summed E-state index contributed by atoms with van der Waals surface area (Å²) in [6.45, 7) is 6.60. The van der Waals surface area contributed by atoms with Crippen LogP contribution in [0.25, 0.3) is 17.2 Å². The van der Waals surface area contributed by atoms with Gasteiger partial charge in [-0.05, 0) is 73.6 Å². The van der Waals surface area contributed by atoms with E-state index in [4.69, 9.17) is 0 Å². The van der Waals surface area contributed by atoms with E-state index in [0.29, 0.717) is 0 Å². The van der Waals surface area contributed by atoms with Gasteiger partial charge in [0.1, 0.15) is 0 Å². The second-order valence-electron chi connectivity index (χ2n) is 10.4. The van der Waals surface area contributed by atoms with E-state index in [1.54, 1.807) is 5.56 Å². The third-order valence-corrected chi connectivity index (χ3v) is 7.39. The van der Waals surface area contributed by atoms with Gasteiger partial charge in [-0.1, -0.05) is 125 Å². The van der Waals surface area contributed by atoms with Gasteiger partial charge in [-0.25, -0.2) is 0 Å². The fourth-order valence-electron chi connectivity index (χ4n) is 5.40. The summed E-state index contributed by atoms with van der Waals surface area (Å²) in [5, 5.41) is 0. The van der Waals surface area contributed by atoms with Gasteiger partial charge in [-0.3, -0.25) is 0 Å². The quantitative estimate of drug-likeness (QED) is 0.294. The summed E-state index contributed by atoms with van der Waals surface area (Å²) in [6, 6.07) is 18.4. The Kier molecular flexibility index (Phi) is 10.6. The number of benzene rings is 2. The van der Waals surface area contributed by atoms with Crippen molar-refractivity contribution in [3.8, 4) is 11.1 Å². The molecule has 3 rings (SSSR count). The predicted molar refractivity (Wildman–Crippen MR) is 143 cm³/mol. The Morgan fingerprint density at radius 1 is 0.688 bits per heavy atom. The van der Waals surface area contributed by atoms with Crippen LogP contribution in [0.4, 0.5) is 0 Å². The molecule has 1 saturated carbocycles. The van der Waals surface area contributed by atoms with E-state index in [1.807, 2.05) is 0 Å². The van der Waals surface area contributed by atoms with Gasteiger partial charge in [0.2, 0.25) is 0 Å². The zero-order chi connectivity index (χ0) is 22.6. The highest BCUT2D eigenvalue weighted by atomic mass is 14.3. The van der Waals surface area contributed by atoms with Gasteiger partial charge in [-0.15, -0.1) is 0 Å². The van der Waals surface area contributed by atoms with Crippen LogP contribution in [0.3, 0.4) is 0 Å². The zero-order valence-electron chi connectivity index (χ0n) is 21.0. The molecule has 174 valence electrons. The zero-order valence-corrected chi connectivity index (χ0v) is 21.0. The number of unbranched alkanes of at least 4 members (excludes halogenated alkanes) is 7. The Labute approximate surface area is 198 Å². The second-order valence-corrected chi connectivity index (χ2v) is 10.4. The molecular weight excluding hydrogens is 384 g/mol. The third-order valence-electron chi connectivity index (χ3n) is 7.39. The van der Waals surface area contributed by atoms with Crippen LogP contribution in [0.1, 0.15) is 121 Å². The van der Waals surface area contributed by atoms with Crippen LogP contribution in [-0.4, -0.2) is 0 Å². The van der Waals surface area contributed by atoms with Gasteiger partial charge >= 0.3 is 0 Å². The van der Waals surface area contributed by atoms with Crippen molar-refractivity contribution in [2.24, 2.45) is 5.92 Å². The topological polar surface area (TPSA) is 0 Å². The maximum atomic E-state index is 2.39. The maximum Gasteiger partial charge on any atom is -0.0162 e. The molecule has 32 heavy (non-hydrogen) atoms. The highest BCUT2D eigenvalue weighted by Crippen LogP contribution is 2.38. The largest absolute Gasteiger partial charge is 0.0758 e. The van der Waals surface area contributed by atoms with E-state index < -0.39 is 0 Å². The smallest absolute Gasteiger partial charge is 0.0162 e. The molecule has 0 atom stereocenters. The molecule has 1 aliphatic rings. The average Bonchev–Trinajstić information content (AvgIpc) is 2.81. The Morgan fingerprint density at radius 3 is 1.78 bits per heavy atom. The van der Waals surface area contributed by atoms with Crippen molar-refractivity contribution in [1.82, 2.24) is 0 Å². The summed E-state index contributed by atoms with van der Waals surface area (Å²) >= 11 is 0. The summed E-state index contributed by atoms with van der Waals surface area (Å²) in [5.74, 6) is 1.77. The number of hydrogen-bond acceptors (Lipinski definition) is 0. The molecule has 0 heteroatoms. The van der Waals surface area contributed by atoms with Gasteiger partial charge in [0.25, 0.3) is 0 Å². The van der Waals surface area contributed by atoms with Crippen molar-refractivity contribution >= 4 is 6.08 Å². The minimum atomic E-state index is 0.777. The van der Waals surface area contributed by atoms with E-state index in [1.165, 1.54) is 106 Å². The summed E-state index contributed by atoms with van der Waals surface area (Å²) in [4.78, 5) is 0. The molecule has 2 aromatic carbocycles. The fourth-order valence-corrected chi connectivity index (χ4v) is 5.40. The van der Waals surface area contributed by atoms with Crippen LogP contribution < -0.4 is 0 Å². The van der Waals surface area contributed by atoms with Crippen molar-refractivity contribution < 1.29 is 0 Å². The number of allylic oxidation sites excluding steroid dienone is 1. The first-order valence-electron chi connectivity index (χ1n) is 13.5. The molecule has 0 heterocycles. The molecule has 1 fully saturated rings. The Balaban J connectivity index is 1.38. The highest BCUT2D eigenvalue weighted by Gasteiger charge is 2.22. The van der Waals surface area contributed by atoms with Gasteiger partial charge in [0.05, 0.1) is 0 Å². The molecule has 0 aliphatic heterocycles. The molecular formula is C32H46. The second kappa shape index (κ2) is 13.7. The van der Waals surface area contributed by atoms with Gasteiger partial charge in [0, 0.05) is 0 Å². The molecule has 0 unspecified atom stereocenters. The fraction of sp³-hybridized carbons (Fsp3) is 0.562. The van der Waals surface area contributed by atoms with Crippen LogP contribution in [0.5, 0.6) is 0 Å². The van der Waals surface area contributed by atoms with Crippen molar-refractivity contribution in [3.63, 3.8) is 0 Å². The Hall–Kier alpha value is -1.82. The maximum absolute atomic E-state index is 2.39. The van der Waals surface area contributed by atoms with Gasteiger partial charge in [-0.2, -0.15) is 0 Å². The molecule has 2 aromatic rings. The lowest BCUT2D eigenvalue weighted by atomic mass is 9.77. The van der Waals surface area contributed by atoms with Crippen LogP contribution in [0.15, 0.2) is 54.1 Å². The van der Waals surface area contributed by atoms with Crippen LogP contribution in [0, 0.1) is 5.92 Å². The van der Waals surface area contributed by atoms with Gasteiger partial charge in [0.15, 0.2) is 0 Å². The van der Waals surface area contributed by atoms with Crippen LogP contribution >= 0.6 is 0 Å². The predicted octanol–water partition coefficient (Wildman–Crippen LogP) is 10.6. The standard InChI is InChI=1S/C32H46/c1-4-5-6-7-8-9-10-11-12-27-13-17-29(18-14-27)31-21-23-32(24-22-31)30-19-15-28(16-20-30)25-26(2)3/h15-16,19-25,27,29H,4-14,17-18H2,1-3H3. The molecule has 0 N–H and O–H groups in total. The molecule has 0 aromatic heterocycles. The summed E-state index contributed by atoms with van der Waals surface area (Å²) < 4.78 is 0.